The summed E-state index contributed by atoms with van der Waals surface area (Å²) in [6.07, 6.45) is 9.88. The van der Waals surface area contributed by atoms with Gasteiger partial charge in [0.1, 0.15) is 0 Å². The van der Waals surface area contributed by atoms with Crippen LogP contribution in [0.25, 0.3) is 0 Å². The van der Waals surface area contributed by atoms with E-state index < -0.39 is 15.4 Å². The van der Waals surface area contributed by atoms with Crippen molar-refractivity contribution in [2.24, 2.45) is 0 Å². The fourth-order valence-corrected chi connectivity index (χ4v) is 3.55. The van der Waals surface area contributed by atoms with E-state index in [-0.39, 0.29) is 35.7 Å². The molecule has 0 spiro atoms. The van der Waals surface area contributed by atoms with E-state index in [0.29, 0.717) is 25.7 Å². The summed E-state index contributed by atoms with van der Waals surface area (Å²) in [5.41, 5.74) is 0. The monoisotopic (exact) mass is 344 g/mol. The summed E-state index contributed by atoms with van der Waals surface area (Å²) in [6, 6.07) is 0. The Morgan fingerprint density at radius 3 is 1.82 bits per heavy atom. The second-order valence-electron chi connectivity index (χ2n) is 6.04. The van der Waals surface area contributed by atoms with E-state index in [1.807, 2.05) is 6.92 Å². The van der Waals surface area contributed by atoms with Crippen molar-refractivity contribution in [3.8, 4) is 0 Å². The predicted octanol–water partition coefficient (Wildman–Crippen LogP) is 0.986. The van der Waals surface area contributed by atoms with Crippen molar-refractivity contribution < 1.29 is 47.6 Å². The van der Waals surface area contributed by atoms with Crippen molar-refractivity contribution in [3.05, 3.63) is 0 Å². The molecule has 1 N–H and O–H groups in total. The molecule has 2 unspecified atom stereocenters. The Bertz CT molecular complexity index is 333. The summed E-state index contributed by atoms with van der Waals surface area (Å²) < 4.78 is 33.8. The van der Waals surface area contributed by atoms with Gasteiger partial charge in [-0.3, -0.25) is 0 Å². The van der Waals surface area contributed by atoms with E-state index in [2.05, 4.69) is 6.92 Å². The number of aliphatic hydroxyl groups excluding tert-OH is 1. The minimum absolute atomic E-state index is 0. The van der Waals surface area contributed by atoms with Gasteiger partial charge in [-0.25, -0.2) is 8.42 Å². The van der Waals surface area contributed by atoms with Crippen LogP contribution in [0, 0.1) is 0 Å². The Morgan fingerprint density at radius 1 is 0.818 bits per heavy atom. The summed E-state index contributed by atoms with van der Waals surface area (Å²) >= 11 is 0. The maximum absolute atomic E-state index is 11.3. The van der Waals surface area contributed by atoms with Crippen LogP contribution in [0.15, 0.2) is 0 Å². The first-order valence-electron chi connectivity index (χ1n) is 8.54. The van der Waals surface area contributed by atoms with E-state index in [9.17, 15) is 18.1 Å². The zero-order valence-electron chi connectivity index (χ0n) is 14.7. The van der Waals surface area contributed by atoms with Crippen LogP contribution in [0.1, 0.15) is 90.9 Å². The number of hydrogen-bond acceptors (Lipinski definition) is 4. The van der Waals surface area contributed by atoms with Crippen molar-refractivity contribution in [2.75, 3.05) is 0 Å². The fourth-order valence-electron chi connectivity index (χ4n) is 2.64. The van der Waals surface area contributed by atoms with Gasteiger partial charge in [0.15, 0.2) is 0 Å². The number of hydrogen-bond donors (Lipinski definition) is 1. The molecule has 0 fully saturated rings. The Balaban J connectivity index is 0. The van der Waals surface area contributed by atoms with Crippen LogP contribution in [0.2, 0.25) is 0 Å². The Morgan fingerprint density at radius 2 is 1.32 bits per heavy atom. The third-order valence-electron chi connectivity index (χ3n) is 3.97. The van der Waals surface area contributed by atoms with E-state index >= 15 is 0 Å². The Hall–Kier alpha value is 0.870. The van der Waals surface area contributed by atoms with E-state index in [0.717, 1.165) is 44.9 Å². The topological polar surface area (TPSA) is 77.4 Å². The second-order valence-corrected chi connectivity index (χ2v) is 7.70. The van der Waals surface area contributed by atoms with E-state index in [1.165, 1.54) is 6.42 Å². The average Bonchev–Trinajstić information content (AvgIpc) is 2.39. The quantitative estimate of drug-likeness (QED) is 0.290. The van der Waals surface area contributed by atoms with Crippen molar-refractivity contribution in [1.29, 1.82) is 0 Å². The summed E-state index contributed by atoms with van der Waals surface area (Å²) in [5, 5.41) is 8.88. The molecular formula is C16H33NaO4S. The number of rotatable bonds is 14. The molecule has 0 aliphatic heterocycles. The molecule has 0 saturated carbocycles. The van der Waals surface area contributed by atoms with Gasteiger partial charge in [0.25, 0.3) is 0 Å². The van der Waals surface area contributed by atoms with Crippen LogP contribution >= 0.6 is 0 Å². The summed E-state index contributed by atoms with van der Waals surface area (Å²) in [5.74, 6) is 0. The molecule has 0 rings (SSSR count). The molecule has 0 heterocycles. The largest absolute Gasteiger partial charge is 1.00 e. The van der Waals surface area contributed by atoms with Crippen LogP contribution in [0.3, 0.4) is 0 Å². The zero-order valence-corrected chi connectivity index (χ0v) is 17.5. The Labute approximate surface area is 159 Å². The van der Waals surface area contributed by atoms with Gasteiger partial charge in [0.05, 0.1) is 16.2 Å². The maximum atomic E-state index is 11.3. The molecule has 22 heavy (non-hydrogen) atoms. The first-order chi connectivity index (χ1) is 9.91. The second kappa shape index (κ2) is 15.4. The van der Waals surface area contributed by atoms with Gasteiger partial charge in [-0.1, -0.05) is 65.2 Å². The third-order valence-corrected chi connectivity index (χ3v) is 5.26. The molecular weight excluding hydrogens is 311 g/mol. The predicted molar refractivity (Wildman–Crippen MR) is 86.2 cm³/mol. The van der Waals surface area contributed by atoms with Gasteiger partial charge in [0, 0.05) is 5.25 Å². The van der Waals surface area contributed by atoms with Gasteiger partial charge in [-0.2, -0.15) is 0 Å². The summed E-state index contributed by atoms with van der Waals surface area (Å²) in [6.45, 7) is 4.17. The van der Waals surface area contributed by atoms with Crippen LogP contribution in [-0.2, 0) is 10.1 Å². The van der Waals surface area contributed by atoms with E-state index in [1.54, 1.807) is 0 Å². The molecule has 0 amide bonds. The van der Waals surface area contributed by atoms with Crippen molar-refractivity contribution >= 4 is 10.1 Å². The normalized spacial score (nSPS) is 14.4. The molecule has 0 bridgehead atoms. The van der Waals surface area contributed by atoms with Crippen molar-refractivity contribution in [2.45, 2.75) is 102 Å². The molecule has 4 nitrogen and oxygen atoms in total. The van der Waals surface area contributed by atoms with Gasteiger partial charge >= 0.3 is 29.6 Å². The Kier molecular flexibility index (Phi) is 17.6. The van der Waals surface area contributed by atoms with Gasteiger partial charge in [-0.05, 0) is 25.7 Å². The maximum Gasteiger partial charge on any atom is 1.00 e. The van der Waals surface area contributed by atoms with Crippen LogP contribution < -0.4 is 29.6 Å². The van der Waals surface area contributed by atoms with E-state index in [4.69, 9.17) is 0 Å². The molecule has 0 radical (unpaired) electrons. The summed E-state index contributed by atoms with van der Waals surface area (Å²) in [4.78, 5) is 0. The molecule has 0 aromatic heterocycles. The molecule has 0 saturated heterocycles. The fraction of sp³-hybridized carbons (Fsp3) is 1.00. The standard InChI is InChI=1S/C16H34O4S.Na/c1-3-5-6-7-8-13-16(21(18,19)20)14-10-9-12-15(17)11-4-2;/h15-17H,3-14H2,1-2H3,(H,18,19,20);/q;+1/p-1. The number of unbranched alkanes of at least 4 members (excludes halogenated alkanes) is 5. The van der Waals surface area contributed by atoms with Crippen LogP contribution in [0.4, 0.5) is 0 Å². The molecule has 2 atom stereocenters. The minimum Gasteiger partial charge on any atom is -0.748 e. The SMILES string of the molecule is CCCCCCCC(CCCCC(O)CCC)S(=O)(=O)[O-].[Na+]. The first kappa shape index (κ1) is 25.1. The van der Waals surface area contributed by atoms with Gasteiger partial charge < -0.3 is 9.66 Å². The number of aliphatic hydroxyl groups is 1. The average molecular weight is 344 g/mol. The van der Waals surface area contributed by atoms with Crippen molar-refractivity contribution in [3.63, 3.8) is 0 Å². The zero-order chi connectivity index (χ0) is 16.1. The van der Waals surface area contributed by atoms with Crippen LogP contribution in [-0.4, -0.2) is 29.4 Å². The third kappa shape index (κ3) is 14.5. The molecule has 0 aromatic carbocycles. The smallest absolute Gasteiger partial charge is 0.748 e. The molecule has 0 aliphatic rings. The molecule has 128 valence electrons. The molecule has 0 aromatic rings. The molecule has 6 heteroatoms. The summed E-state index contributed by atoms with van der Waals surface area (Å²) in [7, 11) is -4.18. The first-order valence-corrected chi connectivity index (χ1v) is 10.0. The van der Waals surface area contributed by atoms with Gasteiger partial charge in [-0.15, -0.1) is 0 Å². The van der Waals surface area contributed by atoms with Crippen LogP contribution in [0.5, 0.6) is 0 Å². The molecule has 0 aliphatic carbocycles. The van der Waals surface area contributed by atoms with Gasteiger partial charge in [0.2, 0.25) is 0 Å². The van der Waals surface area contributed by atoms with Crippen molar-refractivity contribution in [1.82, 2.24) is 0 Å². The minimum atomic E-state index is -4.18.